The van der Waals surface area contributed by atoms with E-state index in [1.165, 1.54) is 4.57 Å². The van der Waals surface area contributed by atoms with Crippen LogP contribution < -0.4 is 4.57 Å². The first-order chi connectivity index (χ1) is 15.0. The highest BCUT2D eigenvalue weighted by Crippen LogP contribution is 2.38. The van der Waals surface area contributed by atoms with Gasteiger partial charge in [-0.25, -0.2) is 4.57 Å². The third kappa shape index (κ3) is 2.88. The van der Waals surface area contributed by atoms with Crippen molar-refractivity contribution >= 4 is 21.9 Å². The summed E-state index contributed by atoms with van der Waals surface area (Å²) in [5.74, 6) is -0.489. The summed E-state index contributed by atoms with van der Waals surface area (Å²) < 4.78 is 50.6. The molecule has 0 N–H and O–H groups in total. The molecule has 0 atom stereocenters. The average molecular weight is 360 g/mol. The predicted molar refractivity (Wildman–Crippen MR) is 108 cm³/mol. The Balaban J connectivity index is 2.20. The number of hydrogen-bond acceptors (Lipinski definition) is 2. The van der Waals surface area contributed by atoms with Crippen LogP contribution in [-0.4, -0.2) is 0 Å². The van der Waals surface area contributed by atoms with Crippen molar-refractivity contribution in [3.63, 3.8) is 0 Å². The fraction of sp³-hybridized carbons (Fsp3) is 0.250. The molecule has 0 radical (unpaired) electrons. The van der Waals surface area contributed by atoms with Gasteiger partial charge in [-0.05, 0) is 42.5 Å². The van der Waals surface area contributed by atoms with E-state index in [0.29, 0.717) is 38.8 Å². The highest BCUT2D eigenvalue weighted by molar-refractivity contribution is 6.11. The average Bonchev–Trinajstić information content (AvgIpc) is 3.12. The number of fused-ring (bicyclic) bond motifs is 3. The van der Waals surface area contributed by atoms with Crippen LogP contribution in [0, 0.1) is 24.2 Å². The van der Waals surface area contributed by atoms with Crippen LogP contribution in [-0.2, 0) is 13.4 Å². The van der Waals surface area contributed by atoms with Gasteiger partial charge in [0.1, 0.15) is 19.6 Å². The van der Waals surface area contributed by atoms with Gasteiger partial charge in [-0.2, -0.15) is 5.26 Å². The molecular weight excluding hydrogens is 332 g/mol. The van der Waals surface area contributed by atoms with Crippen molar-refractivity contribution in [3.8, 4) is 17.3 Å². The van der Waals surface area contributed by atoms with Crippen LogP contribution in [0.3, 0.4) is 0 Å². The predicted octanol–water partition coefficient (Wildman–Crippen LogP) is 5.46. The van der Waals surface area contributed by atoms with E-state index in [-0.39, 0.29) is 23.8 Å². The smallest absolute Gasteiger partial charge is 0.216 e. The monoisotopic (exact) mass is 360 g/mol. The SMILES string of the molecule is [2H]c1c(C([2H])([2H])C(C)C)c([2H])c(-c2c(C)ccc3c2oc2cccc(C#N)c23)[n+](C)c1[2H]. The Kier molecular flexibility index (Phi) is 2.99. The van der Waals surface area contributed by atoms with Crippen molar-refractivity contribution in [3.05, 3.63) is 65.3 Å². The van der Waals surface area contributed by atoms with Gasteiger partial charge >= 0.3 is 0 Å². The summed E-state index contributed by atoms with van der Waals surface area (Å²) >= 11 is 0. The number of rotatable bonds is 3. The minimum Gasteiger partial charge on any atom is -0.455 e. The summed E-state index contributed by atoms with van der Waals surface area (Å²) in [4.78, 5) is 0. The minimum atomic E-state index is -1.96. The number of aromatic nitrogens is 1. The van der Waals surface area contributed by atoms with Gasteiger partial charge in [0.05, 0.1) is 19.9 Å². The fourth-order valence-corrected chi connectivity index (χ4v) is 3.40. The number of nitrogens with zero attached hydrogens (tertiary/aromatic N) is 2. The van der Waals surface area contributed by atoms with E-state index in [9.17, 15) is 5.26 Å². The lowest BCUT2D eigenvalue weighted by atomic mass is 9.97. The van der Waals surface area contributed by atoms with E-state index in [1.807, 2.05) is 19.1 Å². The van der Waals surface area contributed by atoms with E-state index in [4.69, 9.17) is 11.3 Å². The third-order valence-electron chi connectivity index (χ3n) is 4.59. The third-order valence-corrected chi connectivity index (χ3v) is 4.59. The van der Waals surface area contributed by atoms with Gasteiger partial charge in [-0.15, -0.1) is 0 Å². The standard InChI is InChI=1S/C24H23N2O/c1-15(2)12-17-10-11-26(4)20(13-17)22-16(3)8-9-19-23-18(14-25)6-5-7-21(23)27-24(19)22/h5-11,13,15H,12H2,1-4H3/q+1/i10D,11D,12D2,13D. The Labute approximate surface area is 166 Å². The second-order valence-electron chi connectivity index (χ2n) is 6.97. The lowest BCUT2D eigenvalue weighted by Crippen LogP contribution is -2.31. The topological polar surface area (TPSA) is 40.8 Å². The zero-order valence-electron chi connectivity index (χ0n) is 20.8. The molecule has 0 unspecified atom stereocenters. The molecule has 3 nitrogen and oxygen atoms in total. The zero-order valence-corrected chi connectivity index (χ0v) is 15.8. The number of hydrogen-bond donors (Lipinski definition) is 0. The molecule has 2 aromatic carbocycles. The first kappa shape index (κ1) is 12.3. The Morgan fingerprint density at radius 1 is 1.30 bits per heavy atom. The van der Waals surface area contributed by atoms with Gasteiger partial charge in [0.25, 0.3) is 0 Å². The number of nitriles is 1. The van der Waals surface area contributed by atoms with Gasteiger partial charge in [0.15, 0.2) is 6.17 Å². The Bertz CT molecular complexity index is 1450. The lowest BCUT2D eigenvalue weighted by Gasteiger charge is -2.09. The van der Waals surface area contributed by atoms with Crippen molar-refractivity contribution in [1.82, 2.24) is 0 Å². The van der Waals surface area contributed by atoms with E-state index in [1.54, 1.807) is 39.1 Å². The molecule has 0 saturated heterocycles. The molecule has 3 heteroatoms. The molecule has 0 saturated carbocycles. The molecule has 0 amide bonds. The van der Waals surface area contributed by atoms with Crippen LogP contribution in [0.2, 0.25) is 0 Å². The van der Waals surface area contributed by atoms with Crippen molar-refractivity contribution in [2.75, 3.05) is 0 Å². The number of aryl methyl sites for hydroxylation is 1. The normalized spacial score (nSPS) is 14.6. The van der Waals surface area contributed by atoms with Crippen LogP contribution in [0.15, 0.2) is 53.0 Å². The number of benzene rings is 2. The van der Waals surface area contributed by atoms with Crippen molar-refractivity contribution in [2.45, 2.75) is 27.1 Å². The Morgan fingerprint density at radius 2 is 2.11 bits per heavy atom. The van der Waals surface area contributed by atoms with Crippen LogP contribution in [0.25, 0.3) is 33.2 Å². The molecule has 0 bridgehead atoms. The van der Waals surface area contributed by atoms with Gasteiger partial charge in [-0.1, -0.05) is 32.0 Å². The van der Waals surface area contributed by atoms with E-state index < -0.39 is 12.3 Å². The lowest BCUT2D eigenvalue weighted by molar-refractivity contribution is -0.660. The molecule has 27 heavy (non-hydrogen) atoms. The van der Waals surface area contributed by atoms with Crippen molar-refractivity contribution in [2.24, 2.45) is 13.0 Å². The molecule has 2 aromatic heterocycles. The van der Waals surface area contributed by atoms with Crippen LogP contribution in [0.4, 0.5) is 0 Å². The maximum Gasteiger partial charge on any atom is 0.216 e. The summed E-state index contributed by atoms with van der Waals surface area (Å²) in [6.07, 6.45) is -2.14. The maximum atomic E-state index is 9.57. The van der Waals surface area contributed by atoms with Crippen LogP contribution in [0.1, 0.15) is 37.4 Å². The molecule has 2 heterocycles. The highest BCUT2D eigenvalue weighted by Gasteiger charge is 2.22. The molecule has 4 aromatic rings. The minimum absolute atomic E-state index is 0.101. The summed E-state index contributed by atoms with van der Waals surface area (Å²) in [6.45, 7) is 5.26. The fourth-order valence-electron chi connectivity index (χ4n) is 3.40. The molecule has 0 aliphatic carbocycles. The number of pyridine rings is 1. The largest absolute Gasteiger partial charge is 0.455 e. The molecule has 134 valence electrons. The first-order valence-corrected chi connectivity index (χ1v) is 8.87. The van der Waals surface area contributed by atoms with Gasteiger partial charge in [0, 0.05) is 25.6 Å². The zero-order chi connectivity index (χ0) is 23.5. The summed E-state index contributed by atoms with van der Waals surface area (Å²) in [6, 6.07) is 10.8. The van der Waals surface area contributed by atoms with Gasteiger partial charge in [-0.3, -0.25) is 0 Å². The highest BCUT2D eigenvalue weighted by atomic mass is 16.3. The Hall–Kier alpha value is -3.12. The van der Waals surface area contributed by atoms with Crippen molar-refractivity contribution < 1.29 is 15.8 Å². The van der Waals surface area contributed by atoms with Gasteiger partial charge < -0.3 is 4.42 Å². The molecule has 4 rings (SSSR count). The summed E-state index contributed by atoms with van der Waals surface area (Å²) in [5.41, 5.74) is 3.05. The van der Waals surface area contributed by atoms with E-state index >= 15 is 0 Å². The first-order valence-electron chi connectivity index (χ1n) is 11.4. The molecular formula is C24H23N2O+. The summed E-state index contributed by atoms with van der Waals surface area (Å²) in [5, 5.41) is 11.0. The second kappa shape index (κ2) is 6.55. The Morgan fingerprint density at radius 3 is 2.85 bits per heavy atom. The quantitative estimate of drug-likeness (QED) is 0.455. The van der Waals surface area contributed by atoms with E-state index in [0.717, 1.165) is 5.56 Å². The van der Waals surface area contributed by atoms with Crippen LogP contribution >= 0.6 is 0 Å². The summed E-state index contributed by atoms with van der Waals surface area (Å²) in [7, 11) is 1.60. The number of furan rings is 1. The molecule has 0 aliphatic heterocycles. The van der Waals surface area contributed by atoms with E-state index in [2.05, 4.69) is 6.07 Å². The maximum absolute atomic E-state index is 9.57. The van der Waals surface area contributed by atoms with Crippen molar-refractivity contribution in [1.29, 1.82) is 5.26 Å². The second-order valence-corrected chi connectivity index (χ2v) is 6.97. The van der Waals surface area contributed by atoms with Gasteiger partial charge in [0.2, 0.25) is 5.69 Å². The molecule has 0 aliphatic rings. The molecule has 0 fully saturated rings. The molecule has 0 spiro atoms. The van der Waals surface area contributed by atoms with Crippen LogP contribution in [0.5, 0.6) is 0 Å².